The molecular formula is C16H17NO4S. The quantitative estimate of drug-likeness (QED) is 0.791. The van der Waals surface area contributed by atoms with Crippen LogP contribution in [0.4, 0.5) is 0 Å². The minimum absolute atomic E-state index is 0.0290. The van der Waals surface area contributed by atoms with Crippen LogP contribution in [0.15, 0.2) is 30.3 Å². The van der Waals surface area contributed by atoms with Gasteiger partial charge in [-0.1, -0.05) is 30.3 Å². The molecule has 5 nitrogen and oxygen atoms in total. The molecule has 1 amide bonds. The third-order valence-electron chi connectivity index (χ3n) is 4.04. The lowest BCUT2D eigenvalue weighted by molar-refractivity contribution is -0.155. The molecular weight excluding hydrogens is 302 g/mol. The zero-order valence-corrected chi connectivity index (χ0v) is 13.1. The highest BCUT2D eigenvalue weighted by atomic mass is 32.2. The number of carbonyl (C=O) groups excluding carboxylic acids is 3. The fourth-order valence-electron chi connectivity index (χ4n) is 3.09. The van der Waals surface area contributed by atoms with Gasteiger partial charge in [-0.15, -0.1) is 11.8 Å². The molecule has 116 valence electrons. The van der Waals surface area contributed by atoms with E-state index in [0.29, 0.717) is 18.6 Å². The summed E-state index contributed by atoms with van der Waals surface area (Å²) in [6, 6.07) is 9.17. The number of nitrogens with zero attached hydrogens (tertiary/aromatic N) is 1. The average molecular weight is 319 g/mol. The number of thioether (sulfide) groups is 1. The number of Topliss-reactive ketones (excluding diaryl/α,β-unsaturated/α-hetero) is 1. The smallest absolute Gasteiger partial charge is 0.330 e. The maximum atomic E-state index is 12.3. The van der Waals surface area contributed by atoms with Crippen LogP contribution in [0.1, 0.15) is 25.3 Å². The van der Waals surface area contributed by atoms with Gasteiger partial charge in [0.25, 0.3) is 0 Å². The topological polar surface area (TPSA) is 63.7 Å². The number of hydrogen-bond acceptors (Lipinski definition) is 5. The van der Waals surface area contributed by atoms with Crippen LogP contribution < -0.4 is 0 Å². The average Bonchev–Trinajstić information content (AvgIpc) is 3.06. The van der Waals surface area contributed by atoms with Crippen LogP contribution in [0.25, 0.3) is 0 Å². The summed E-state index contributed by atoms with van der Waals surface area (Å²) in [4.78, 5) is 36.7. The first-order valence-electron chi connectivity index (χ1n) is 7.22. The number of fused-ring (bicyclic) bond motifs is 1. The SMILES string of the molecule is CC(=O)COC(=O)[C@@H]1CS[C@@]2(c3ccccc3)CCC(=O)N12. The molecule has 2 fully saturated rings. The van der Waals surface area contributed by atoms with Gasteiger partial charge in [-0.05, 0) is 18.9 Å². The lowest BCUT2D eigenvalue weighted by Crippen LogP contribution is -2.46. The van der Waals surface area contributed by atoms with E-state index in [2.05, 4.69) is 0 Å². The number of rotatable bonds is 4. The maximum Gasteiger partial charge on any atom is 0.330 e. The van der Waals surface area contributed by atoms with E-state index in [1.165, 1.54) is 6.92 Å². The molecule has 1 aromatic carbocycles. The van der Waals surface area contributed by atoms with E-state index in [0.717, 1.165) is 5.56 Å². The van der Waals surface area contributed by atoms with E-state index < -0.39 is 16.9 Å². The number of carbonyl (C=O) groups is 3. The van der Waals surface area contributed by atoms with Crippen LogP contribution in [0.2, 0.25) is 0 Å². The van der Waals surface area contributed by atoms with Crippen LogP contribution in [-0.4, -0.2) is 41.0 Å². The van der Waals surface area contributed by atoms with Gasteiger partial charge in [0.15, 0.2) is 5.78 Å². The standard InChI is InChI=1S/C16H17NO4S/c1-11(18)9-21-15(20)13-10-22-16(8-7-14(19)17(13)16)12-5-3-2-4-6-12/h2-6,13H,7-10H2,1H3/t13-,16+/m0/s1. The summed E-state index contributed by atoms with van der Waals surface area (Å²) in [6.07, 6.45) is 1.12. The molecule has 2 aliphatic rings. The van der Waals surface area contributed by atoms with Crippen molar-refractivity contribution in [3.05, 3.63) is 35.9 Å². The predicted octanol–water partition coefficient (Wildman–Crippen LogP) is 1.71. The van der Waals surface area contributed by atoms with Gasteiger partial charge in [-0.25, -0.2) is 4.79 Å². The molecule has 0 aromatic heterocycles. The van der Waals surface area contributed by atoms with Crippen LogP contribution in [0, 0.1) is 0 Å². The first-order chi connectivity index (χ1) is 10.5. The van der Waals surface area contributed by atoms with Gasteiger partial charge in [-0.2, -0.15) is 0 Å². The highest BCUT2D eigenvalue weighted by molar-refractivity contribution is 8.00. The van der Waals surface area contributed by atoms with Gasteiger partial charge in [0.1, 0.15) is 17.5 Å². The van der Waals surface area contributed by atoms with Gasteiger partial charge in [0.2, 0.25) is 5.91 Å². The number of amides is 1. The van der Waals surface area contributed by atoms with Crippen molar-refractivity contribution in [2.75, 3.05) is 12.4 Å². The summed E-state index contributed by atoms with van der Waals surface area (Å²) in [5.41, 5.74) is 1.03. The van der Waals surface area contributed by atoms with Gasteiger partial charge < -0.3 is 9.64 Å². The Morgan fingerprint density at radius 1 is 1.36 bits per heavy atom. The number of ketones is 1. The van der Waals surface area contributed by atoms with Crippen LogP contribution in [0.5, 0.6) is 0 Å². The van der Waals surface area contributed by atoms with Crippen molar-refractivity contribution in [1.82, 2.24) is 4.90 Å². The summed E-state index contributed by atoms with van der Waals surface area (Å²) in [7, 11) is 0. The molecule has 0 N–H and O–H groups in total. The van der Waals surface area contributed by atoms with Crippen LogP contribution in [0.3, 0.4) is 0 Å². The Labute approximate surface area is 133 Å². The molecule has 2 saturated heterocycles. The summed E-state index contributed by atoms with van der Waals surface area (Å²) in [6.45, 7) is 1.13. The predicted molar refractivity (Wildman–Crippen MR) is 82.1 cm³/mol. The molecule has 6 heteroatoms. The van der Waals surface area contributed by atoms with Crippen LogP contribution in [-0.2, 0) is 24.0 Å². The minimum Gasteiger partial charge on any atom is -0.456 e. The van der Waals surface area contributed by atoms with Gasteiger partial charge in [-0.3, -0.25) is 9.59 Å². The van der Waals surface area contributed by atoms with Crippen LogP contribution >= 0.6 is 11.8 Å². The van der Waals surface area contributed by atoms with E-state index in [9.17, 15) is 14.4 Å². The van der Waals surface area contributed by atoms with E-state index >= 15 is 0 Å². The Morgan fingerprint density at radius 2 is 2.09 bits per heavy atom. The van der Waals surface area contributed by atoms with Crippen molar-refractivity contribution >= 4 is 29.4 Å². The number of esters is 1. The summed E-state index contributed by atoms with van der Waals surface area (Å²) >= 11 is 1.61. The lowest BCUT2D eigenvalue weighted by atomic mass is 10.0. The molecule has 0 spiro atoms. The van der Waals surface area contributed by atoms with Crippen molar-refractivity contribution in [3.63, 3.8) is 0 Å². The van der Waals surface area contributed by atoms with E-state index in [1.54, 1.807) is 16.7 Å². The second-order valence-electron chi connectivity index (χ2n) is 5.55. The Kier molecular flexibility index (Phi) is 3.95. The molecule has 2 heterocycles. The molecule has 22 heavy (non-hydrogen) atoms. The molecule has 0 bridgehead atoms. The van der Waals surface area contributed by atoms with Crippen molar-refractivity contribution in [3.8, 4) is 0 Å². The van der Waals surface area contributed by atoms with Crippen molar-refractivity contribution < 1.29 is 19.1 Å². The summed E-state index contributed by atoms with van der Waals surface area (Å²) < 4.78 is 5.03. The zero-order valence-electron chi connectivity index (χ0n) is 12.3. The number of hydrogen-bond donors (Lipinski definition) is 0. The second kappa shape index (κ2) is 5.76. The Bertz CT molecular complexity index is 618. The molecule has 0 aliphatic carbocycles. The maximum absolute atomic E-state index is 12.3. The fraction of sp³-hybridized carbons (Fsp3) is 0.438. The normalized spacial score (nSPS) is 26.9. The van der Waals surface area contributed by atoms with E-state index in [1.807, 2.05) is 30.3 Å². The summed E-state index contributed by atoms with van der Waals surface area (Å²) in [5, 5.41) is 0. The van der Waals surface area contributed by atoms with Crippen molar-refractivity contribution in [2.45, 2.75) is 30.7 Å². The molecule has 3 rings (SSSR count). The number of benzene rings is 1. The van der Waals surface area contributed by atoms with Crippen molar-refractivity contribution in [1.29, 1.82) is 0 Å². The largest absolute Gasteiger partial charge is 0.456 e. The molecule has 0 unspecified atom stereocenters. The summed E-state index contributed by atoms with van der Waals surface area (Å²) in [5.74, 6) is -0.229. The second-order valence-corrected chi connectivity index (χ2v) is 6.85. The molecule has 2 atom stereocenters. The zero-order chi connectivity index (χ0) is 15.7. The molecule has 0 radical (unpaired) electrons. The Morgan fingerprint density at radius 3 is 2.77 bits per heavy atom. The van der Waals surface area contributed by atoms with E-state index in [-0.39, 0.29) is 18.3 Å². The highest BCUT2D eigenvalue weighted by Crippen LogP contribution is 2.54. The first-order valence-corrected chi connectivity index (χ1v) is 8.21. The third-order valence-corrected chi connectivity index (χ3v) is 5.64. The van der Waals surface area contributed by atoms with E-state index in [4.69, 9.17) is 4.74 Å². The Hall–Kier alpha value is -1.82. The Balaban J connectivity index is 1.87. The molecule has 2 aliphatic heterocycles. The number of ether oxygens (including phenoxy) is 1. The molecule has 1 aromatic rings. The first kappa shape index (κ1) is 15.1. The third kappa shape index (κ3) is 2.41. The van der Waals surface area contributed by atoms with Gasteiger partial charge >= 0.3 is 5.97 Å². The lowest BCUT2D eigenvalue weighted by Gasteiger charge is -2.33. The minimum atomic E-state index is -0.612. The fourth-order valence-corrected chi connectivity index (χ4v) is 4.72. The monoisotopic (exact) mass is 319 g/mol. The van der Waals surface area contributed by atoms with Gasteiger partial charge in [0, 0.05) is 12.2 Å². The molecule has 0 saturated carbocycles. The van der Waals surface area contributed by atoms with Crippen molar-refractivity contribution in [2.24, 2.45) is 0 Å². The highest BCUT2D eigenvalue weighted by Gasteiger charge is 2.57. The van der Waals surface area contributed by atoms with Gasteiger partial charge in [0.05, 0.1) is 0 Å².